The van der Waals surface area contributed by atoms with Crippen molar-refractivity contribution in [1.29, 1.82) is 0 Å². The summed E-state index contributed by atoms with van der Waals surface area (Å²) in [7, 11) is -1.59. The van der Waals surface area contributed by atoms with Crippen LogP contribution in [0.3, 0.4) is 0 Å². The Morgan fingerprint density at radius 1 is 1.44 bits per heavy atom. The number of carbonyl (C=O) groups is 1. The van der Waals surface area contributed by atoms with Gasteiger partial charge in [0.15, 0.2) is 0 Å². The van der Waals surface area contributed by atoms with Crippen LogP contribution in [0.15, 0.2) is 23.2 Å². The predicted molar refractivity (Wildman–Crippen MR) is 108 cm³/mol. The molecule has 0 radical (unpaired) electrons. The lowest BCUT2D eigenvalue weighted by atomic mass is 10.0. The van der Waals surface area contributed by atoms with Gasteiger partial charge in [-0.3, -0.25) is 0 Å². The molecule has 152 valence electrons. The van der Waals surface area contributed by atoms with Crippen LogP contribution in [-0.2, 0) is 15.7 Å². The number of likely N-dealkylation sites (tertiary alicyclic amines) is 1. The molecule has 1 fully saturated rings. The fourth-order valence-electron chi connectivity index (χ4n) is 3.42. The number of nitrogens with zero attached hydrogens (tertiary/aromatic N) is 2. The molecule has 8 heteroatoms. The number of amides is 1. The fraction of sp³-hybridized carbons (Fsp3) is 0.684. The third-order valence-corrected chi connectivity index (χ3v) is 5.29. The van der Waals surface area contributed by atoms with Crippen molar-refractivity contribution in [2.75, 3.05) is 11.9 Å². The van der Waals surface area contributed by atoms with Crippen LogP contribution < -0.4 is 10.5 Å². The van der Waals surface area contributed by atoms with Gasteiger partial charge in [-0.05, 0) is 72.4 Å². The Labute approximate surface area is 164 Å². The largest absolute Gasteiger partial charge is 0.444 e. The van der Waals surface area contributed by atoms with Gasteiger partial charge in [0.2, 0.25) is 0 Å². The Morgan fingerprint density at radius 3 is 2.78 bits per heavy atom. The van der Waals surface area contributed by atoms with Crippen molar-refractivity contribution < 1.29 is 13.7 Å². The number of hydrogen-bond acceptors (Lipinski definition) is 5. The van der Waals surface area contributed by atoms with Gasteiger partial charge in [0.05, 0.1) is 0 Å². The Kier molecular flexibility index (Phi) is 6.86. The fourth-order valence-corrected chi connectivity index (χ4v) is 3.82. The van der Waals surface area contributed by atoms with Crippen LogP contribution in [0.1, 0.15) is 60.3 Å². The zero-order chi connectivity index (χ0) is 20.2. The first-order valence-electron chi connectivity index (χ1n) is 9.39. The lowest BCUT2D eigenvalue weighted by Gasteiger charge is -2.37. The van der Waals surface area contributed by atoms with Crippen molar-refractivity contribution in [2.24, 2.45) is 5.14 Å². The van der Waals surface area contributed by atoms with Gasteiger partial charge < -0.3 is 15.0 Å². The maximum atomic E-state index is 12.7. The van der Waals surface area contributed by atoms with Crippen LogP contribution in [0.2, 0.25) is 0 Å². The molecule has 0 saturated carbocycles. The van der Waals surface area contributed by atoms with E-state index in [9.17, 15) is 9.00 Å². The molecule has 7 nitrogen and oxygen atoms in total. The molecule has 2 atom stereocenters. The average Bonchev–Trinajstić information content (AvgIpc) is 2.85. The number of pyridine rings is 1. The van der Waals surface area contributed by atoms with E-state index >= 15 is 0 Å². The summed E-state index contributed by atoms with van der Waals surface area (Å²) < 4.78 is 16.9. The van der Waals surface area contributed by atoms with E-state index in [-0.39, 0.29) is 17.7 Å². The van der Waals surface area contributed by atoms with Crippen molar-refractivity contribution in [2.45, 2.75) is 82.5 Å². The standard InChI is InChI=1S/C19H32N4O3S/c1-18(2,3)26-17(24)23-14(11-12-19(23,4)5)8-7-13-21-15-9-6-10-16(22-15)27(20)25/h6,9-10,14H,7-8,11-13,20H2,1-5H3,(H,21,22). The molecule has 0 spiro atoms. The van der Waals surface area contributed by atoms with Crippen LogP contribution in [0.25, 0.3) is 0 Å². The predicted octanol–water partition coefficient (Wildman–Crippen LogP) is 3.43. The average molecular weight is 397 g/mol. The number of rotatable bonds is 6. The van der Waals surface area contributed by atoms with Crippen molar-refractivity contribution in [3.63, 3.8) is 0 Å². The van der Waals surface area contributed by atoms with E-state index in [0.29, 0.717) is 17.4 Å². The van der Waals surface area contributed by atoms with Gasteiger partial charge in [-0.2, -0.15) is 0 Å². The molecule has 1 aliphatic rings. The van der Waals surface area contributed by atoms with Gasteiger partial charge in [-0.15, -0.1) is 0 Å². The molecule has 1 saturated heterocycles. The van der Waals surface area contributed by atoms with Gasteiger partial charge >= 0.3 is 6.09 Å². The summed E-state index contributed by atoms with van der Waals surface area (Å²) >= 11 is 0. The highest BCUT2D eigenvalue weighted by Crippen LogP contribution is 2.36. The van der Waals surface area contributed by atoms with Gasteiger partial charge in [-0.25, -0.2) is 19.1 Å². The highest BCUT2D eigenvalue weighted by Gasteiger charge is 2.43. The maximum Gasteiger partial charge on any atom is 0.410 e. The molecule has 1 aromatic rings. The quantitative estimate of drug-likeness (QED) is 0.718. The number of hydrogen-bond donors (Lipinski definition) is 2. The Hall–Kier alpha value is -1.67. The summed E-state index contributed by atoms with van der Waals surface area (Å²) in [5, 5.41) is 8.95. The van der Waals surface area contributed by atoms with Crippen molar-refractivity contribution in [1.82, 2.24) is 9.88 Å². The molecule has 1 aliphatic heterocycles. The van der Waals surface area contributed by atoms with Crippen LogP contribution >= 0.6 is 0 Å². The summed E-state index contributed by atoms with van der Waals surface area (Å²) in [5.41, 5.74) is -0.691. The Morgan fingerprint density at radius 2 is 2.15 bits per heavy atom. The highest BCUT2D eigenvalue weighted by molar-refractivity contribution is 7.82. The van der Waals surface area contributed by atoms with E-state index in [4.69, 9.17) is 9.88 Å². The molecule has 2 rings (SSSR count). The molecule has 27 heavy (non-hydrogen) atoms. The minimum absolute atomic E-state index is 0.174. The van der Waals surface area contributed by atoms with Gasteiger partial charge in [-0.1, -0.05) is 6.07 Å². The SMILES string of the molecule is CC(C)(C)OC(=O)N1C(CCCNc2cccc(S(N)=O)n2)CCC1(C)C. The smallest absolute Gasteiger partial charge is 0.410 e. The topological polar surface area (TPSA) is 97.5 Å². The van der Waals surface area contributed by atoms with Crippen molar-refractivity contribution in [3.8, 4) is 0 Å². The van der Waals surface area contributed by atoms with Gasteiger partial charge in [0.25, 0.3) is 0 Å². The first kappa shape index (κ1) is 21.6. The Bertz CT molecular complexity index is 688. The second-order valence-corrected chi connectivity index (χ2v) is 9.60. The Balaban J connectivity index is 1.89. The van der Waals surface area contributed by atoms with Crippen LogP contribution in [0.5, 0.6) is 0 Å². The van der Waals surface area contributed by atoms with E-state index in [1.807, 2.05) is 31.7 Å². The van der Waals surface area contributed by atoms with Crippen LogP contribution in [0, 0.1) is 0 Å². The number of nitrogens with two attached hydrogens (primary N) is 1. The van der Waals surface area contributed by atoms with E-state index in [0.717, 1.165) is 25.7 Å². The molecule has 0 bridgehead atoms. The molecule has 0 aromatic carbocycles. The van der Waals surface area contributed by atoms with E-state index in [1.54, 1.807) is 12.1 Å². The molecular formula is C19H32N4O3S. The summed E-state index contributed by atoms with van der Waals surface area (Å²) in [5.74, 6) is 0.655. The van der Waals surface area contributed by atoms with Gasteiger partial charge in [0.1, 0.15) is 27.4 Å². The maximum absolute atomic E-state index is 12.7. The number of ether oxygens (including phenoxy) is 1. The number of nitrogens with one attached hydrogen (secondary N) is 1. The highest BCUT2D eigenvalue weighted by atomic mass is 32.2. The molecule has 2 heterocycles. The summed E-state index contributed by atoms with van der Waals surface area (Å²) in [6, 6.07) is 5.41. The normalized spacial score (nSPS) is 20.4. The number of anilines is 1. The second-order valence-electron chi connectivity index (χ2n) is 8.58. The minimum Gasteiger partial charge on any atom is -0.444 e. The van der Waals surface area contributed by atoms with Crippen LogP contribution in [-0.4, -0.2) is 43.9 Å². The van der Waals surface area contributed by atoms with Crippen molar-refractivity contribution in [3.05, 3.63) is 18.2 Å². The lowest BCUT2D eigenvalue weighted by molar-refractivity contribution is 0.00295. The zero-order valence-electron chi connectivity index (χ0n) is 16.9. The summed E-state index contributed by atoms with van der Waals surface area (Å²) in [6.45, 7) is 10.6. The monoisotopic (exact) mass is 396 g/mol. The molecular weight excluding hydrogens is 364 g/mol. The minimum atomic E-state index is -1.59. The van der Waals surface area contributed by atoms with E-state index in [1.165, 1.54) is 0 Å². The third-order valence-electron chi connectivity index (χ3n) is 4.65. The van der Waals surface area contributed by atoms with Crippen molar-refractivity contribution >= 4 is 22.9 Å². The van der Waals surface area contributed by atoms with E-state index in [2.05, 4.69) is 24.1 Å². The molecule has 1 amide bonds. The number of carbonyl (C=O) groups excluding carboxylic acids is 1. The molecule has 0 aliphatic carbocycles. The first-order valence-corrected chi connectivity index (χ1v) is 10.6. The second kappa shape index (κ2) is 8.56. The summed E-state index contributed by atoms with van der Waals surface area (Å²) in [6.07, 6.45) is 3.49. The molecule has 3 N–H and O–H groups in total. The zero-order valence-corrected chi connectivity index (χ0v) is 17.8. The third kappa shape index (κ3) is 6.17. The van der Waals surface area contributed by atoms with Gasteiger partial charge in [0, 0.05) is 18.1 Å². The van der Waals surface area contributed by atoms with Crippen LogP contribution in [0.4, 0.5) is 10.6 Å². The lowest BCUT2D eigenvalue weighted by Crippen LogP contribution is -2.49. The van der Waals surface area contributed by atoms with E-state index < -0.39 is 16.6 Å². The summed E-state index contributed by atoms with van der Waals surface area (Å²) in [4.78, 5) is 18.8. The number of aromatic nitrogens is 1. The molecule has 2 unspecified atom stereocenters. The molecule has 1 aromatic heterocycles. The first-order chi connectivity index (χ1) is 12.5.